The first-order valence-electron chi connectivity index (χ1n) is 7.87. The fourth-order valence-electron chi connectivity index (χ4n) is 2.13. The Morgan fingerprint density at radius 3 is 2.04 bits per heavy atom. The first kappa shape index (κ1) is 21.6. The van der Waals surface area contributed by atoms with E-state index in [2.05, 4.69) is 25.4 Å². The summed E-state index contributed by atoms with van der Waals surface area (Å²) < 4.78 is 39.4. The van der Waals surface area contributed by atoms with Gasteiger partial charge < -0.3 is 13.7 Å². The maximum atomic E-state index is 12.4. The zero-order chi connectivity index (χ0) is 20.9. The number of benzene rings is 2. The third kappa shape index (κ3) is 5.20. The number of halogens is 1. The van der Waals surface area contributed by atoms with E-state index in [4.69, 9.17) is 4.18 Å². The van der Waals surface area contributed by atoms with Gasteiger partial charge in [0.25, 0.3) is 0 Å². The van der Waals surface area contributed by atoms with Crippen LogP contribution in [0, 0.1) is 6.92 Å². The van der Waals surface area contributed by atoms with Crippen LogP contribution in [0.1, 0.15) is 11.1 Å². The van der Waals surface area contributed by atoms with Crippen molar-refractivity contribution >= 4 is 44.1 Å². The number of aryl methyl sites for hydroxylation is 1. The highest BCUT2D eigenvalue weighted by atomic mass is 79.9. The van der Waals surface area contributed by atoms with E-state index in [-0.39, 0.29) is 16.2 Å². The van der Waals surface area contributed by atoms with Crippen molar-refractivity contribution in [1.82, 2.24) is 0 Å². The van der Waals surface area contributed by atoms with Crippen LogP contribution < -0.4 is 4.18 Å². The minimum Gasteiger partial charge on any atom is -0.465 e. The van der Waals surface area contributed by atoms with Crippen molar-refractivity contribution in [2.24, 2.45) is 0 Å². The summed E-state index contributed by atoms with van der Waals surface area (Å²) in [6.45, 7) is 1.84. The minimum absolute atomic E-state index is 0.0210. The second kappa shape index (κ2) is 9.03. The van der Waals surface area contributed by atoms with Gasteiger partial charge in [-0.3, -0.25) is 0 Å². The van der Waals surface area contributed by atoms with Crippen molar-refractivity contribution in [3.63, 3.8) is 0 Å². The molecule has 0 unspecified atom stereocenters. The molecule has 0 atom stereocenters. The Bertz CT molecular complexity index is 1010. The minimum atomic E-state index is -4.02. The molecule has 0 aliphatic carbocycles. The van der Waals surface area contributed by atoms with Gasteiger partial charge in [-0.05, 0) is 58.8 Å². The standard InChI is InChI=1S/C19H17BrO7S/c1-12-4-7-14(8-5-12)28(23,24)27-17-9-6-13(11-16(17)20)10-15(18(21)25-2)19(22)26-3/h4-11H,1-3H3. The normalized spacial score (nSPS) is 10.7. The van der Waals surface area contributed by atoms with Gasteiger partial charge in [0.15, 0.2) is 5.75 Å². The number of carbonyl (C=O) groups is 2. The SMILES string of the molecule is COC(=O)C(=Cc1ccc(OS(=O)(=O)c2ccc(C)cc2)c(Br)c1)C(=O)OC. The fraction of sp³-hybridized carbons (Fsp3) is 0.158. The van der Waals surface area contributed by atoms with Gasteiger partial charge in [0.1, 0.15) is 10.5 Å². The van der Waals surface area contributed by atoms with Crippen LogP contribution in [0.5, 0.6) is 5.75 Å². The third-order valence-electron chi connectivity index (χ3n) is 3.59. The van der Waals surface area contributed by atoms with Crippen LogP contribution in [0.3, 0.4) is 0 Å². The molecule has 2 rings (SSSR count). The molecule has 7 nitrogen and oxygen atoms in total. The van der Waals surface area contributed by atoms with Crippen molar-refractivity contribution < 1.29 is 31.7 Å². The van der Waals surface area contributed by atoms with Gasteiger partial charge in [-0.25, -0.2) is 9.59 Å². The Morgan fingerprint density at radius 2 is 1.54 bits per heavy atom. The van der Waals surface area contributed by atoms with Gasteiger partial charge in [0, 0.05) is 0 Å². The summed E-state index contributed by atoms with van der Waals surface area (Å²) in [4.78, 5) is 23.5. The highest BCUT2D eigenvalue weighted by Gasteiger charge is 2.21. The summed E-state index contributed by atoms with van der Waals surface area (Å²) in [6.07, 6.45) is 1.26. The van der Waals surface area contributed by atoms with E-state index in [1.165, 1.54) is 36.4 Å². The molecule has 0 amide bonds. The first-order valence-corrected chi connectivity index (χ1v) is 10.1. The molecule has 0 spiro atoms. The third-order valence-corrected chi connectivity index (χ3v) is 5.45. The maximum Gasteiger partial charge on any atom is 0.345 e. The van der Waals surface area contributed by atoms with Gasteiger partial charge in [0.05, 0.1) is 18.7 Å². The number of rotatable bonds is 6. The molecule has 0 N–H and O–H groups in total. The lowest BCUT2D eigenvalue weighted by Gasteiger charge is -2.10. The highest BCUT2D eigenvalue weighted by Crippen LogP contribution is 2.30. The van der Waals surface area contributed by atoms with Gasteiger partial charge >= 0.3 is 22.1 Å². The van der Waals surface area contributed by atoms with Crippen LogP contribution in [0.2, 0.25) is 0 Å². The average Bonchev–Trinajstić information content (AvgIpc) is 2.67. The molecule has 0 heterocycles. The molecule has 2 aromatic rings. The lowest BCUT2D eigenvalue weighted by Crippen LogP contribution is -2.15. The topological polar surface area (TPSA) is 96.0 Å². The van der Waals surface area contributed by atoms with Gasteiger partial charge in [-0.15, -0.1) is 0 Å². The first-order chi connectivity index (χ1) is 13.2. The molecule has 148 valence electrons. The van der Waals surface area contributed by atoms with E-state index in [0.717, 1.165) is 19.8 Å². The number of ether oxygens (including phenoxy) is 2. The fourth-order valence-corrected chi connectivity index (χ4v) is 3.67. The number of esters is 2. The zero-order valence-electron chi connectivity index (χ0n) is 15.3. The van der Waals surface area contributed by atoms with E-state index in [9.17, 15) is 18.0 Å². The van der Waals surface area contributed by atoms with Crippen molar-refractivity contribution in [2.45, 2.75) is 11.8 Å². The molecule has 0 bridgehead atoms. The monoisotopic (exact) mass is 468 g/mol. The predicted molar refractivity (Wildman–Crippen MR) is 105 cm³/mol. The number of hydrogen-bond acceptors (Lipinski definition) is 7. The number of methoxy groups -OCH3 is 2. The molecular weight excluding hydrogens is 452 g/mol. The molecule has 0 aliphatic rings. The average molecular weight is 469 g/mol. The van der Waals surface area contributed by atoms with Crippen LogP contribution in [-0.4, -0.2) is 34.6 Å². The van der Waals surface area contributed by atoms with Crippen LogP contribution in [0.4, 0.5) is 0 Å². The van der Waals surface area contributed by atoms with Crippen LogP contribution in [0.25, 0.3) is 6.08 Å². The van der Waals surface area contributed by atoms with Gasteiger partial charge in [0.2, 0.25) is 0 Å². The summed E-state index contributed by atoms with van der Waals surface area (Å²) in [6, 6.07) is 10.6. The smallest absolute Gasteiger partial charge is 0.345 e. The molecule has 0 radical (unpaired) electrons. The zero-order valence-corrected chi connectivity index (χ0v) is 17.7. The van der Waals surface area contributed by atoms with E-state index in [0.29, 0.717) is 10.0 Å². The Morgan fingerprint density at radius 1 is 0.964 bits per heavy atom. The van der Waals surface area contributed by atoms with E-state index >= 15 is 0 Å². The highest BCUT2D eigenvalue weighted by molar-refractivity contribution is 9.10. The predicted octanol–water partition coefficient (Wildman–Crippen LogP) is 3.25. The summed E-state index contributed by atoms with van der Waals surface area (Å²) >= 11 is 3.23. The van der Waals surface area contributed by atoms with Crippen LogP contribution in [-0.2, 0) is 29.2 Å². The molecule has 0 fully saturated rings. The second-order valence-corrected chi connectivity index (χ2v) is 7.98. The molecular formula is C19H17BrO7S. The Labute approximate surface area is 171 Å². The number of carbonyl (C=O) groups excluding carboxylic acids is 2. The molecule has 0 saturated heterocycles. The number of hydrogen-bond donors (Lipinski definition) is 0. The molecule has 28 heavy (non-hydrogen) atoms. The van der Waals surface area contributed by atoms with Crippen LogP contribution in [0.15, 0.2) is 57.4 Å². The maximum absolute atomic E-state index is 12.4. The van der Waals surface area contributed by atoms with Crippen molar-refractivity contribution in [2.75, 3.05) is 14.2 Å². The summed E-state index contributed by atoms with van der Waals surface area (Å²) in [5.74, 6) is -1.66. The largest absolute Gasteiger partial charge is 0.465 e. The summed E-state index contributed by atoms with van der Waals surface area (Å²) in [5.41, 5.74) is 1.04. The molecule has 0 aliphatic heterocycles. The Hall–Kier alpha value is -2.65. The van der Waals surface area contributed by atoms with Crippen molar-refractivity contribution in [3.8, 4) is 5.75 Å². The van der Waals surface area contributed by atoms with Crippen molar-refractivity contribution in [1.29, 1.82) is 0 Å². The molecule has 0 aromatic heterocycles. The lowest BCUT2D eigenvalue weighted by molar-refractivity contribution is -0.143. The van der Waals surface area contributed by atoms with E-state index < -0.39 is 22.1 Å². The molecule has 9 heteroatoms. The molecule has 0 saturated carbocycles. The van der Waals surface area contributed by atoms with Crippen LogP contribution >= 0.6 is 15.9 Å². The Balaban J connectivity index is 2.33. The molecule has 2 aromatic carbocycles. The van der Waals surface area contributed by atoms with E-state index in [1.54, 1.807) is 12.1 Å². The quantitative estimate of drug-likeness (QED) is 0.211. The Kier molecular flexibility index (Phi) is 6.98. The second-order valence-electron chi connectivity index (χ2n) is 5.58. The van der Waals surface area contributed by atoms with Gasteiger partial charge in [-0.1, -0.05) is 23.8 Å². The van der Waals surface area contributed by atoms with E-state index in [1.807, 2.05) is 6.92 Å². The summed E-state index contributed by atoms with van der Waals surface area (Å²) in [7, 11) is -1.74. The summed E-state index contributed by atoms with van der Waals surface area (Å²) in [5, 5.41) is 0. The van der Waals surface area contributed by atoms with Crippen molar-refractivity contribution in [3.05, 3.63) is 63.6 Å². The van der Waals surface area contributed by atoms with Gasteiger partial charge in [-0.2, -0.15) is 8.42 Å². The lowest BCUT2D eigenvalue weighted by atomic mass is 10.1.